The van der Waals surface area contributed by atoms with E-state index < -0.39 is 35.7 Å². The summed E-state index contributed by atoms with van der Waals surface area (Å²) in [5, 5.41) is 11.0. The third kappa shape index (κ3) is 14.5. The lowest BCUT2D eigenvalue weighted by Gasteiger charge is -2.28. The molecule has 43 heavy (non-hydrogen) atoms. The van der Waals surface area contributed by atoms with Crippen molar-refractivity contribution in [1.29, 1.82) is 0 Å². The molecule has 3 N–H and O–H groups in total. The van der Waals surface area contributed by atoms with Gasteiger partial charge < -0.3 is 25.0 Å². The first-order chi connectivity index (χ1) is 20.2. The molecule has 1 saturated heterocycles. The van der Waals surface area contributed by atoms with Gasteiger partial charge in [-0.1, -0.05) is 38.8 Å². The highest BCUT2D eigenvalue weighted by Gasteiger charge is 2.37. The number of hydrogen-bond acceptors (Lipinski definition) is 8. The second-order valence-corrected chi connectivity index (χ2v) is 12.6. The number of halogens is 2. The van der Waals surface area contributed by atoms with Gasteiger partial charge in [0.1, 0.15) is 24.2 Å². The molecule has 0 aromatic carbocycles. The molecule has 0 saturated carbocycles. The molecule has 1 aromatic heterocycles. The molecule has 0 spiro atoms. The molecule has 3 atom stereocenters. The Morgan fingerprint density at radius 2 is 1.91 bits per heavy atom. The number of esters is 1. The van der Waals surface area contributed by atoms with Gasteiger partial charge in [-0.25, -0.2) is 14.7 Å². The quantitative estimate of drug-likeness (QED) is 0.159. The van der Waals surface area contributed by atoms with Gasteiger partial charge in [0.2, 0.25) is 11.8 Å². The van der Waals surface area contributed by atoms with Crippen molar-refractivity contribution >= 4 is 55.7 Å². The van der Waals surface area contributed by atoms with E-state index in [1.54, 1.807) is 27.7 Å². The van der Waals surface area contributed by atoms with Crippen molar-refractivity contribution in [3.8, 4) is 0 Å². The fourth-order valence-corrected chi connectivity index (χ4v) is 4.56. The molecule has 242 valence electrons. The zero-order valence-corrected chi connectivity index (χ0v) is 29.0. The summed E-state index contributed by atoms with van der Waals surface area (Å²) in [6.07, 6.45) is 10.2. The number of ether oxygens (including phenoxy) is 2. The highest BCUT2D eigenvalue weighted by Crippen LogP contribution is 2.19. The Hall–Kier alpha value is -2.74. The molecule has 3 amide bonds. The Morgan fingerprint density at radius 1 is 1.21 bits per heavy atom. The van der Waals surface area contributed by atoms with Gasteiger partial charge in [-0.15, -0.1) is 0 Å². The zero-order chi connectivity index (χ0) is 32.6. The maximum Gasteiger partial charge on any atom is 0.408 e. The summed E-state index contributed by atoms with van der Waals surface area (Å²) in [6.45, 7) is 11.3. The number of unbranched alkanes of at least 4 members (excludes halogenated alkanes) is 3. The molecule has 12 nitrogen and oxygen atoms in total. The van der Waals surface area contributed by atoms with Crippen LogP contribution in [0.2, 0.25) is 0 Å². The molecular weight excluding hydrogens is 690 g/mol. The van der Waals surface area contributed by atoms with Crippen molar-refractivity contribution in [3.63, 3.8) is 0 Å². The van der Waals surface area contributed by atoms with Crippen LogP contribution in [0.15, 0.2) is 32.1 Å². The van der Waals surface area contributed by atoms with Gasteiger partial charge >= 0.3 is 12.1 Å². The minimum atomic E-state index is -0.840. The van der Waals surface area contributed by atoms with Crippen LogP contribution in [0.1, 0.15) is 80.1 Å². The van der Waals surface area contributed by atoms with Gasteiger partial charge in [0.25, 0.3) is 5.56 Å². The Labute approximate surface area is 270 Å². The molecule has 3 unspecified atom stereocenters. The molecule has 1 aliphatic rings. The first-order valence-corrected chi connectivity index (χ1v) is 16.1. The maximum atomic E-state index is 13.1. The summed E-state index contributed by atoms with van der Waals surface area (Å²) in [5.41, 5.74) is -0.906. The van der Waals surface area contributed by atoms with E-state index in [0.29, 0.717) is 28.3 Å². The van der Waals surface area contributed by atoms with Crippen LogP contribution >= 0.6 is 31.9 Å². The lowest BCUT2D eigenvalue weighted by atomic mass is 9.99. The number of hydrogen-bond donors (Lipinski definition) is 3. The Kier molecular flexibility index (Phi) is 17.4. The van der Waals surface area contributed by atoms with E-state index in [4.69, 9.17) is 9.47 Å². The van der Waals surface area contributed by atoms with Crippen LogP contribution < -0.4 is 16.2 Å². The van der Waals surface area contributed by atoms with Crippen molar-refractivity contribution in [2.45, 2.75) is 97.8 Å². The number of nitrogens with zero attached hydrogens (tertiary/aromatic N) is 2. The molecule has 2 rings (SSSR count). The van der Waals surface area contributed by atoms with E-state index in [1.165, 1.54) is 11.1 Å². The summed E-state index contributed by atoms with van der Waals surface area (Å²) in [5.74, 6) is -1.53. The molecule has 1 aliphatic heterocycles. The summed E-state index contributed by atoms with van der Waals surface area (Å²) in [6, 6.07) is -1.54. The monoisotopic (exact) mass is 733 g/mol. The number of carbonyl (C=O) groups excluding carboxylic acids is 4. The summed E-state index contributed by atoms with van der Waals surface area (Å²) in [4.78, 5) is 62.3. The van der Waals surface area contributed by atoms with E-state index >= 15 is 0 Å². The van der Waals surface area contributed by atoms with E-state index in [1.807, 2.05) is 19.1 Å². The molecule has 0 aliphatic carbocycles. The zero-order valence-electron chi connectivity index (χ0n) is 25.8. The SMILES string of the molecule is CCCCC/C=C\C(C)C(NC(=O)C1CCCN1C(=O)CNC(=O)OC(C)(C)C)C(=O)OCC.O=c1[nH]ncc(Br)c1Br. The smallest absolute Gasteiger partial charge is 0.408 e. The number of alkyl carbamates (subject to hydrolysis) is 1. The van der Waals surface area contributed by atoms with Crippen LogP contribution in [-0.4, -0.2) is 76.4 Å². The molecule has 0 radical (unpaired) electrons. The van der Waals surface area contributed by atoms with Crippen molar-refractivity contribution in [2.75, 3.05) is 19.7 Å². The normalized spacial score (nSPS) is 16.1. The van der Waals surface area contributed by atoms with Crippen LogP contribution in [0.5, 0.6) is 0 Å². The minimum Gasteiger partial charge on any atom is -0.464 e. The predicted octanol–water partition coefficient (Wildman–Crippen LogP) is 4.62. The van der Waals surface area contributed by atoms with Crippen LogP contribution in [0, 0.1) is 5.92 Å². The number of aromatic amines is 1. The number of aromatic nitrogens is 2. The third-order valence-corrected chi connectivity index (χ3v) is 8.11. The molecule has 1 aromatic rings. The second-order valence-electron chi connectivity index (χ2n) is 11.0. The van der Waals surface area contributed by atoms with E-state index in [0.717, 1.165) is 25.7 Å². The van der Waals surface area contributed by atoms with Gasteiger partial charge in [0.15, 0.2) is 0 Å². The van der Waals surface area contributed by atoms with E-state index in [-0.39, 0.29) is 30.5 Å². The molecular formula is C29H45Br2N5O7. The lowest BCUT2D eigenvalue weighted by molar-refractivity contribution is -0.149. The standard InChI is InChI=1S/C25H43N3O6.C4H2Br2N2O/c1-7-9-10-11-12-14-18(3)21(23(31)33-8-2)27-22(30)19-15-13-16-28(19)20(29)17-26-24(32)34-25(4,5)6;5-2-1-7-8-4(9)3(2)6/h12,14,18-19,21H,7-11,13,15-17H2,1-6H3,(H,26,32)(H,27,30);1H,(H,8,9)/b14-12-;. The Morgan fingerprint density at radius 3 is 2.49 bits per heavy atom. The van der Waals surface area contributed by atoms with Crippen molar-refractivity contribution in [2.24, 2.45) is 5.92 Å². The van der Waals surface area contributed by atoms with Crippen LogP contribution in [0.25, 0.3) is 0 Å². The number of H-pyrrole nitrogens is 1. The van der Waals surface area contributed by atoms with Gasteiger partial charge in [-0.05, 0) is 85.2 Å². The van der Waals surface area contributed by atoms with Crippen molar-refractivity contribution < 1.29 is 28.7 Å². The average Bonchev–Trinajstić information content (AvgIpc) is 3.43. The predicted molar refractivity (Wildman–Crippen MR) is 170 cm³/mol. The number of carbonyl (C=O) groups is 4. The van der Waals surface area contributed by atoms with Gasteiger partial charge in [-0.3, -0.25) is 14.4 Å². The van der Waals surface area contributed by atoms with Gasteiger partial charge in [0, 0.05) is 12.5 Å². The summed E-state index contributed by atoms with van der Waals surface area (Å²) >= 11 is 6.17. The van der Waals surface area contributed by atoms with Crippen molar-refractivity contribution in [3.05, 3.63) is 37.6 Å². The molecule has 1 fully saturated rings. The fourth-order valence-electron chi connectivity index (χ4n) is 4.08. The fraction of sp³-hybridized carbons (Fsp3) is 0.655. The van der Waals surface area contributed by atoms with Crippen molar-refractivity contribution in [1.82, 2.24) is 25.7 Å². The Balaban J connectivity index is 0.000000869. The van der Waals surface area contributed by atoms with E-state index in [9.17, 15) is 24.0 Å². The summed E-state index contributed by atoms with van der Waals surface area (Å²) in [7, 11) is 0. The maximum absolute atomic E-state index is 13.1. The van der Waals surface area contributed by atoms with E-state index in [2.05, 4.69) is 59.6 Å². The van der Waals surface area contributed by atoms with Crippen LogP contribution in [0.4, 0.5) is 4.79 Å². The second kappa shape index (κ2) is 19.5. The lowest BCUT2D eigenvalue weighted by Crippen LogP contribution is -2.54. The van der Waals surface area contributed by atoms with Crippen LogP contribution in [0.3, 0.4) is 0 Å². The number of amides is 3. The minimum absolute atomic E-state index is 0.211. The molecule has 14 heteroatoms. The topological polar surface area (TPSA) is 160 Å². The van der Waals surface area contributed by atoms with Gasteiger partial charge in [0.05, 0.1) is 21.7 Å². The average molecular weight is 736 g/mol. The number of allylic oxidation sites excluding steroid dienone is 1. The molecule has 0 bridgehead atoms. The largest absolute Gasteiger partial charge is 0.464 e. The summed E-state index contributed by atoms with van der Waals surface area (Å²) < 4.78 is 11.5. The van der Waals surface area contributed by atoms with Crippen LogP contribution in [-0.2, 0) is 23.9 Å². The highest BCUT2D eigenvalue weighted by molar-refractivity contribution is 9.13. The molecule has 2 heterocycles. The number of nitrogens with one attached hydrogen (secondary N) is 3. The third-order valence-electron chi connectivity index (χ3n) is 6.19. The van der Waals surface area contributed by atoms with Gasteiger partial charge in [-0.2, -0.15) is 5.10 Å². The number of likely N-dealkylation sites (tertiary alicyclic amines) is 1. The first-order valence-electron chi connectivity index (χ1n) is 14.5. The Bertz CT molecular complexity index is 1150. The number of rotatable bonds is 12. The highest BCUT2D eigenvalue weighted by atomic mass is 79.9. The first kappa shape index (κ1) is 38.3.